The molecular weight excluding hydrogens is 550 g/mol. The quantitative estimate of drug-likeness (QED) is 0.323. The molecule has 1 fully saturated rings. The summed E-state index contributed by atoms with van der Waals surface area (Å²) in [6, 6.07) is 20.1. The van der Waals surface area contributed by atoms with E-state index in [1.54, 1.807) is 43.3 Å². The predicted octanol–water partition coefficient (Wildman–Crippen LogP) is 5.37. The Kier molecular flexibility index (Phi) is 10.3. The van der Waals surface area contributed by atoms with Crippen molar-refractivity contribution in [3.8, 4) is 5.75 Å². The number of sulfonamides is 1. The van der Waals surface area contributed by atoms with Crippen LogP contribution in [0.25, 0.3) is 0 Å². The molecule has 224 valence electrons. The van der Waals surface area contributed by atoms with Gasteiger partial charge in [0.25, 0.3) is 10.0 Å². The molecule has 42 heavy (non-hydrogen) atoms. The number of hydrogen-bond donors (Lipinski definition) is 1. The van der Waals surface area contributed by atoms with E-state index in [1.165, 1.54) is 24.1 Å². The van der Waals surface area contributed by atoms with Gasteiger partial charge in [0.2, 0.25) is 11.8 Å². The molecule has 1 saturated carbocycles. The van der Waals surface area contributed by atoms with Gasteiger partial charge >= 0.3 is 0 Å². The highest BCUT2D eigenvalue weighted by molar-refractivity contribution is 7.92. The van der Waals surface area contributed by atoms with Gasteiger partial charge in [-0.2, -0.15) is 0 Å². The number of aryl methyl sites for hydroxylation is 2. The number of rotatable bonds is 11. The largest absolute Gasteiger partial charge is 0.497 e. The van der Waals surface area contributed by atoms with E-state index in [0.29, 0.717) is 11.4 Å². The van der Waals surface area contributed by atoms with Crippen LogP contribution in [0.5, 0.6) is 5.75 Å². The van der Waals surface area contributed by atoms with E-state index in [1.807, 2.05) is 38.1 Å². The molecule has 1 atom stereocenters. The van der Waals surface area contributed by atoms with Crippen LogP contribution in [0.3, 0.4) is 0 Å². The minimum Gasteiger partial charge on any atom is -0.497 e. The lowest BCUT2D eigenvalue weighted by Crippen LogP contribution is -2.53. The molecule has 0 saturated heterocycles. The Morgan fingerprint density at radius 3 is 2.02 bits per heavy atom. The Labute approximate surface area is 249 Å². The lowest BCUT2D eigenvalue weighted by atomic mass is 9.95. The van der Waals surface area contributed by atoms with Gasteiger partial charge in [0.1, 0.15) is 18.3 Å². The normalized spacial score (nSPS) is 14.6. The lowest BCUT2D eigenvalue weighted by Gasteiger charge is -2.33. The average molecular weight is 592 g/mol. The van der Waals surface area contributed by atoms with Gasteiger partial charge in [-0.15, -0.1) is 0 Å². The molecule has 0 radical (unpaired) electrons. The van der Waals surface area contributed by atoms with Gasteiger partial charge in [-0.3, -0.25) is 13.9 Å². The zero-order valence-corrected chi connectivity index (χ0v) is 25.7. The number of methoxy groups -OCH3 is 1. The third kappa shape index (κ3) is 7.70. The molecule has 1 unspecified atom stereocenters. The summed E-state index contributed by atoms with van der Waals surface area (Å²) in [5.41, 5.74) is 3.17. The third-order valence-electron chi connectivity index (χ3n) is 7.84. The SMILES string of the molecule is COc1ccc(N(CC(=O)N(Cc2ccc(C)cc2)C(C)C(=O)NC2CCCCC2)S(=O)(=O)c2ccc(C)cc2)cc1. The minimum absolute atomic E-state index is 0.0740. The molecule has 0 spiro atoms. The Morgan fingerprint density at radius 1 is 0.881 bits per heavy atom. The first kappa shape index (κ1) is 31.1. The molecule has 3 aromatic carbocycles. The van der Waals surface area contributed by atoms with E-state index < -0.39 is 28.5 Å². The molecule has 8 nitrogen and oxygen atoms in total. The molecule has 9 heteroatoms. The summed E-state index contributed by atoms with van der Waals surface area (Å²) in [7, 11) is -2.59. The van der Waals surface area contributed by atoms with Crippen molar-refractivity contribution >= 4 is 27.5 Å². The maximum atomic E-state index is 14.1. The van der Waals surface area contributed by atoms with Crippen molar-refractivity contribution in [2.45, 2.75) is 76.4 Å². The van der Waals surface area contributed by atoms with Crippen molar-refractivity contribution in [1.29, 1.82) is 0 Å². The van der Waals surface area contributed by atoms with E-state index in [9.17, 15) is 18.0 Å². The third-order valence-corrected chi connectivity index (χ3v) is 9.63. The Bertz CT molecular complexity index is 1450. The van der Waals surface area contributed by atoms with E-state index in [-0.39, 0.29) is 23.4 Å². The van der Waals surface area contributed by atoms with Gasteiger partial charge in [-0.05, 0) is 75.6 Å². The molecule has 1 aliphatic rings. The second kappa shape index (κ2) is 13.9. The van der Waals surface area contributed by atoms with Gasteiger partial charge in [0.05, 0.1) is 17.7 Å². The number of anilines is 1. The van der Waals surface area contributed by atoms with E-state index in [2.05, 4.69) is 5.32 Å². The van der Waals surface area contributed by atoms with Gasteiger partial charge in [-0.1, -0.05) is 66.8 Å². The molecule has 1 aliphatic carbocycles. The van der Waals surface area contributed by atoms with Crippen LogP contribution in [0, 0.1) is 13.8 Å². The van der Waals surface area contributed by atoms with Crippen molar-refractivity contribution in [3.05, 3.63) is 89.5 Å². The van der Waals surface area contributed by atoms with Crippen molar-refractivity contribution in [2.24, 2.45) is 0 Å². The van der Waals surface area contributed by atoms with Crippen molar-refractivity contribution in [2.75, 3.05) is 18.0 Å². The van der Waals surface area contributed by atoms with Crippen LogP contribution in [0.1, 0.15) is 55.7 Å². The smallest absolute Gasteiger partial charge is 0.264 e. The maximum absolute atomic E-state index is 14.1. The summed E-state index contributed by atoms with van der Waals surface area (Å²) < 4.78 is 34.3. The summed E-state index contributed by atoms with van der Waals surface area (Å²) in [4.78, 5) is 29.1. The van der Waals surface area contributed by atoms with E-state index >= 15 is 0 Å². The first-order valence-corrected chi connectivity index (χ1v) is 15.9. The van der Waals surface area contributed by atoms with Crippen LogP contribution in [0.15, 0.2) is 77.7 Å². The molecular formula is C33H41N3O5S. The number of nitrogens with zero attached hydrogens (tertiary/aromatic N) is 2. The molecule has 0 bridgehead atoms. The maximum Gasteiger partial charge on any atom is 0.264 e. The molecule has 4 rings (SSSR count). The van der Waals surface area contributed by atoms with Crippen LogP contribution in [0.2, 0.25) is 0 Å². The van der Waals surface area contributed by atoms with Crippen molar-refractivity contribution in [1.82, 2.24) is 10.2 Å². The first-order valence-electron chi connectivity index (χ1n) is 14.5. The van der Waals surface area contributed by atoms with Gasteiger partial charge in [0.15, 0.2) is 0 Å². The highest BCUT2D eigenvalue weighted by Gasteiger charge is 2.33. The molecule has 3 aromatic rings. The molecule has 0 heterocycles. The lowest BCUT2D eigenvalue weighted by molar-refractivity contribution is -0.139. The number of carbonyl (C=O) groups excluding carboxylic acids is 2. The summed E-state index contributed by atoms with van der Waals surface area (Å²) in [6.07, 6.45) is 5.14. The molecule has 0 aliphatic heterocycles. The Balaban J connectivity index is 1.67. The Morgan fingerprint density at radius 2 is 1.45 bits per heavy atom. The van der Waals surface area contributed by atoms with Gasteiger partial charge in [-0.25, -0.2) is 8.42 Å². The number of ether oxygens (including phenoxy) is 1. The monoisotopic (exact) mass is 591 g/mol. The minimum atomic E-state index is -4.12. The number of amides is 2. The number of hydrogen-bond acceptors (Lipinski definition) is 5. The average Bonchev–Trinajstić information content (AvgIpc) is 3.00. The number of nitrogens with one attached hydrogen (secondary N) is 1. The number of carbonyl (C=O) groups is 2. The predicted molar refractivity (Wildman–Crippen MR) is 165 cm³/mol. The highest BCUT2D eigenvalue weighted by Crippen LogP contribution is 2.27. The van der Waals surface area contributed by atoms with E-state index in [4.69, 9.17) is 4.74 Å². The molecule has 2 amide bonds. The molecule has 1 N–H and O–H groups in total. The van der Waals surface area contributed by atoms with Crippen LogP contribution in [-0.2, 0) is 26.2 Å². The fourth-order valence-electron chi connectivity index (χ4n) is 5.16. The summed E-state index contributed by atoms with van der Waals surface area (Å²) in [5.74, 6) is -0.153. The summed E-state index contributed by atoms with van der Waals surface area (Å²) >= 11 is 0. The van der Waals surface area contributed by atoms with Crippen LogP contribution >= 0.6 is 0 Å². The summed E-state index contributed by atoms with van der Waals surface area (Å²) in [6.45, 7) is 5.25. The van der Waals surface area contributed by atoms with Gasteiger partial charge < -0.3 is 15.0 Å². The fraction of sp³-hybridized carbons (Fsp3) is 0.394. The van der Waals surface area contributed by atoms with Crippen LogP contribution < -0.4 is 14.4 Å². The van der Waals surface area contributed by atoms with E-state index in [0.717, 1.165) is 53.1 Å². The van der Waals surface area contributed by atoms with Crippen LogP contribution in [0.4, 0.5) is 5.69 Å². The number of benzene rings is 3. The zero-order valence-electron chi connectivity index (χ0n) is 24.9. The van der Waals surface area contributed by atoms with Gasteiger partial charge in [0, 0.05) is 12.6 Å². The first-order chi connectivity index (χ1) is 20.1. The molecule has 0 aromatic heterocycles. The topological polar surface area (TPSA) is 96.0 Å². The highest BCUT2D eigenvalue weighted by atomic mass is 32.2. The van der Waals surface area contributed by atoms with Crippen LogP contribution in [-0.4, -0.2) is 50.9 Å². The van der Waals surface area contributed by atoms with Crippen molar-refractivity contribution < 1.29 is 22.7 Å². The zero-order chi connectivity index (χ0) is 30.3. The second-order valence-corrected chi connectivity index (χ2v) is 12.9. The second-order valence-electron chi connectivity index (χ2n) is 11.0. The Hall–Kier alpha value is -3.85. The standard InChI is InChI=1S/C33H41N3O5S/c1-24-10-14-27(15-11-24)22-35(26(3)33(38)34-28-8-6-5-7-9-28)32(37)23-36(29-16-18-30(41-4)19-17-29)42(39,40)31-20-12-25(2)13-21-31/h10-21,26,28H,5-9,22-23H2,1-4H3,(H,34,38). The fourth-order valence-corrected chi connectivity index (χ4v) is 6.57. The van der Waals surface area contributed by atoms with Crippen molar-refractivity contribution in [3.63, 3.8) is 0 Å². The summed E-state index contributed by atoms with van der Waals surface area (Å²) in [5, 5.41) is 3.13.